The molecule has 0 atom stereocenters. The molecule has 7 nitrogen and oxygen atoms in total. The molecule has 0 spiro atoms. The summed E-state index contributed by atoms with van der Waals surface area (Å²) in [5, 5.41) is 8.77. The Morgan fingerprint density at radius 1 is 0.844 bits per heavy atom. The van der Waals surface area contributed by atoms with Gasteiger partial charge in [0.1, 0.15) is 0 Å². The van der Waals surface area contributed by atoms with Crippen molar-refractivity contribution in [3.8, 4) is 11.5 Å². The largest absolute Gasteiger partial charge is 0.490 e. The van der Waals surface area contributed by atoms with Crippen molar-refractivity contribution >= 4 is 28.9 Å². The lowest BCUT2D eigenvalue weighted by atomic mass is 10.1. The maximum atomic E-state index is 12.7. The van der Waals surface area contributed by atoms with Crippen LogP contribution in [0.5, 0.6) is 11.5 Å². The predicted octanol–water partition coefficient (Wildman–Crippen LogP) is 4.46. The summed E-state index contributed by atoms with van der Waals surface area (Å²) in [6, 6.07) is 20.0. The smallest absolute Gasteiger partial charge is 0.257 e. The van der Waals surface area contributed by atoms with E-state index < -0.39 is 0 Å². The Kier molecular flexibility index (Phi) is 6.55. The van der Waals surface area contributed by atoms with Crippen molar-refractivity contribution in [3.05, 3.63) is 77.9 Å². The van der Waals surface area contributed by atoms with E-state index in [1.165, 1.54) is 0 Å². The molecular weight excluding hydrogens is 406 g/mol. The first-order valence-corrected chi connectivity index (χ1v) is 10.5. The third-order valence-corrected chi connectivity index (χ3v) is 4.95. The fraction of sp³-hybridized carbons (Fsp3) is 0.200. The summed E-state index contributed by atoms with van der Waals surface area (Å²) >= 11 is 0. The number of hydrogen-bond acceptors (Lipinski definition) is 5. The first kappa shape index (κ1) is 21.2. The van der Waals surface area contributed by atoms with E-state index in [1.54, 1.807) is 36.4 Å². The van der Waals surface area contributed by atoms with Crippen molar-refractivity contribution in [1.29, 1.82) is 0 Å². The van der Waals surface area contributed by atoms with Crippen molar-refractivity contribution in [2.24, 2.45) is 0 Å². The van der Waals surface area contributed by atoms with Crippen LogP contribution in [0.25, 0.3) is 0 Å². The second-order valence-electron chi connectivity index (χ2n) is 7.48. The number of anilines is 3. The van der Waals surface area contributed by atoms with E-state index in [-0.39, 0.29) is 18.4 Å². The van der Waals surface area contributed by atoms with Crippen LogP contribution in [0.2, 0.25) is 0 Å². The molecule has 0 saturated carbocycles. The van der Waals surface area contributed by atoms with Crippen LogP contribution in [-0.4, -0.2) is 31.6 Å². The minimum absolute atomic E-state index is 0.00324. The second-order valence-corrected chi connectivity index (χ2v) is 7.48. The van der Waals surface area contributed by atoms with Crippen molar-refractivity contribution in [3.63, 3.8) is 0 Å². The van der Waals surface area contributed by atoms with E-state index in [0.717, 1.165) is 12.0 Å². The highest BCUT2D eigenvalue weighted by Gasteiger charge is 2.14. The third kappa shape index (κ3) is 5.37. The molecule has 3 aromatic rings. The molecule has 1 heterocycles. The summed E-state index contributed by atoms with van der Waals surface area (Å²) in [4.78, 5) is 25.2. The number of carbonyl (C=O) groups is 2. The van der Waals surface area contributed by atoms with Gasteiger partial charge in [-0.05, 0) is 43.3 Å². The second kappa shape index (κ2) is 9.87. The summed E-state index contributed by atoms with van der Waals surface area (Å²) in [6.07, 6.45) is 0.817. The van der Waals surface area contributed by atoms with Crippen LogP contribution in [0.4, 0.5) is 17.1 Å². The maximum absolute atomic E-state index is 12.7. The SMILES string of the molecule is Cc1ccc(NC(=O)c2ccccc2NCC(=O)Nc2ccc3c(c2)OCCCO3)cc1. The van der Waals surface area contributed by atoms with Gasteiger partial charge in [0.25, 0.3) is 5.91 Å². The number of benzene rings is 3. The van der Waals surface area contributed by atoms with Crippen molar-refractivity contribution in [2.45, 2.75) is 13.3 Å². The number of aryl methyl sites for hydroxylation is 1. The number of carbonyl (C=O) groups excluding carboxylic acids is 2. The quantitative estimate of drug-likeness (QED) is 0.536. The average molecular weight is 431 g/mol. The van der Waals surface area contributed by atoms with Gasteiger partial charge in [-0.2, -0.15) is 0 Å². The molecule has 3 N–H and O–H groups in total. The zero-order valence-electron chi connectivity index (χ0n) is 17.8. The van der Waals surface area contributed by atoms with Crippen molar-refractivity contribution in [1.82, 2.24) is 0 Å². The summed E-state index contributed by atoms with van der Waals surface area (Å²) in [7, 11) is 0. The van der Waals surface area contributed by atoms with E-state index in [2.05, 4.69) is 16.0 Å². The van der Waals surface area contributed by atoms with Gasteiger partial charge in [-0.15, -0.1) is 0 Å². The van der Waals surface area contributed by atoms with Gasteiger partial charge < -0.3 is 25.4 Å². The third-order valence-electron chi connectivity index (χ3n) is 4.95. The van der Waals surface area contributed by atoms with Gasteiger partial charge in [0.05, 0.1) is 25.3 Å². The Balaban J connectivity index is 1.37. The molecule has 0 radical (unpaired) electrons. The molecule has 0 aliphatic carbocycles. The van der Waals surface area contributed by atoms with Gasteiger partial charge in [0, 0.05) is 29.5 Å². The summed E-state index contributed by atoms with van der Waals surface area (Å²) in [6.45, 7) is 3.18. The van der Waals surface area contributed by atoms with Crippen LogP contribution in [0.1, 0.15) is 22.3 Å². The van der Waals surface area contributed by atoms with E-state index >= 15 is 0 Å². The fourth-order valence-electron chi connectivity index (χ4n) is 3.29. The maximum Gasteiger partial charge on any atom is 0.257 e. The zero-order chi connectivity index (χ0) is 22.3. The van der Waals surface area contributed by atoms with Crippen molar-refractivity contribution in [2.75, 3.05) is 35.7 Å². The molecule has 0 aromatic heterocycles. The van der Waals surface area contributed by atoms with E-state index in [1.807, 2.05) is 37.3 Å². The fourth-order valence-corrected chi connectivity index (χ4v) is 3.29. The molecule has 32 heavy (non-hydrogen) atoms. The first-order chi connectivity index (χ1) is 15.6. The molecule has 4 rings (SSSR count). The Labute approximate surface area is 186 Å². The molecule has 0 bridgehead atoms. The predicted molar refractivity (Wildman–Crippen MR) is 125 cm³/mol. The molecule has 2 amide bonds. The number of ether oxygens (including phenoxy) is 2. The molecule has 0 saturated heterocycles. The Morgan fingerprint density at radius 3 is 2.38 bits per heavy atom. The van der Waals surface area contributed by atoms with E-state index in [9.17, 15) is 9.59 Å². The number of fused-ring (bicyclic) bond motifs is 1. The summed E-state index contributed by atoms with van der Waals surface area (Å²) in [5.74, 6) is 0.798. The summed E-state index contributed by atoms with van der Waals surface area (Å²) < 4.78 is 11.3. The van der Waals surface area contributed by atoms with Crippen LogP contribution < -0.4 is 25.4 Å². The topological polar surface area (TPSA) is 88.7 Å². The molecule has 7 heteroatoms. The molecule has 3 aromatic carbocycles. The van der Waals surface area contributed by atoms with E-state index in [4.69, 9.17) is 9.47 Å². The Hall–Kier alpha value is -4.00. The van der Waals surface area contributed by atoms with Gasteiger partial charge >= 0.3 is 0 Å². The highest BCUT2D eigenvalue weighted by molar-refractivity contribution is 6.08. The molecule has 164 valence electrons. The van der Waals surface area contributed by atoms with E-state index in [0.29, 0.717) is 47.3 Å². The molecule has 0 unspecified atom stereocenters. The highest BCUT2D eigenvalue weighted by atomic mass is 16.5. The lowest BCUT2D eigenvalue weighted by Crippen LogP contribution is -2.23. The standard InChI is InChI=1S/C25H25N3O4/c1-17-7-9-18(10-8-17)28-25(30)20-5-2-3-6-21(20)26-16-24(29)27-19-11-12-22-23(15-19)32-14-4-13-31-22/h2-3,5-12,15,26H,4,13-14,16H2,1H3,(H,27,29)(H,28,30). The minimum atomic E-state index is -0.250. The van der Waals surface area contributed by atoms with Crippen molar-refractivity contribution < 1.29 is 19.1 Å². The molecular formula is C25H25N3O4. The number of rotatable bonds is 6. The monoisotopic (exact) mass is 431 g/mol. The molecule has 0 fully saturated rings. The highest BCUT2D eigenvalue weighted by Crippen LogP contribution is 2.32. The van der Waals surface area contributed by atoms with Gasteiger partial charge in [-0.25, -0.2) is 0 Å². The zero-order valence-corrected chi connectivity index (χ0v) is 17.8. The van der Waals surface area contributed by atoms with Gasteiger partial charge in [0.2, 0.25) is 5.91 Å². The first-order valence-electron chi connectivity index (χ1n) is 10.5. The Morgan fingerprint density at radius 2 is 1.56 bits per heavy atom. The average Bonchev–Trinajstić information content (AvgIpc) is 3.04. The number of amides is 2. The lowest BCUT2D eigenvalue weighted by molar-refractivity contribution is -0.114. The van der Waals surface area contributed by atoms with Gasteiger partial charge in [-0.1, -0.05) is 29.8 Å². The van der Waals surface area contributed by atoms with Gasteiger partial charge in [-0.3, -0.25) is 9.59 Å². The minimum Gasteiger partial charge on any atom is -0.490 e. The van der Waals surface area contributed by atoms with Gasteiger partial charge in [0.15, 0.2) is 11.5 Å². The van der Waals surface area contributed by atoms with Crippen LogP contribution in [-0.2, 0) is 4.79 Å². The normalized spacial score (nSPS) is 12.4. The van der Waals surface area contributed by atoms with Crippen LogP contribution in [0.3, 0.4) is 0 Å². The number of hydrogen-bond donors (Lipinski definition) is 3. The van der Waals surface area contributed by atoms with Crippen LogP contribution in [0, 0.1) is 6.92 Å². The van der Waals surface area contributed by atoms with Crippen LogP contribution in [0.15, 0.2) is 66.7 Å². The number of nitrogens with one attached hydrogen (secondary N) is 3. The van der Waals surface area contributed by atoms with Crippen LogP contribution >= 0.6 is 0 Å². The molecule has 1 aliphatic rings. The Bertz CT molecular complexity index is 1110. The number of para-hydroxylation sites is 1. The summed E-state index contributed by atoms with van der Waals surface area (Å²) in [5.41, 5.74) is 3.47. The molecule has 1 aliphatic heterocycles. The lowest BCUT2D eigenvalue weighted by Gasteiger charge is -2.13.